The number of nitrogens with zero attached hydrogens (tertiary/aromatic N) is 1. The minimum absolute atomic E-state index is 0.190. The van der Waals surface area contributed by atoms with E-state index in [1.54, 1.807) is 0 Å². The highest BCUT2D eigenvalue weighted by atomic mass is 28.4. The zero-order valence-electron chi connectivity index (χ0n) is 13.2. The van der Waals surface area contributed by atoms with Gasteiger partial charge in [-0.15, -0.1) is 0 Å². The van der Waals surface area contributed by atoms with Crippen LogP contribution in [0.1, 0.15) is 17.3 Å². The molecule has 0 amide bonds. The van der Waals surface area contributed by atoms with Gasteiger partial charge in [0, 0.05) is 5.69 Å². The number of carbonyl (C=O) groups is 1. The molecule has 1 aliphatic heterocycles. The van der Waals surface area contributed by atoms with Gasteiger partial charge in [0.15, 0.2) is 0 Å². The number of carbonyl (C=O) groups excluding carboxylic acids is 1. The molecule has 0 bridgehead atoms. The molecule has 1 fully saturated rings. The summed E-state index contributed by atoms with van der Waals surface area (Å²) in [5, 5.41) is 0. The number of hydrogen-bond acceptors (Lipinski definition) is 3. The predicted octanol–water partition coefficient (Wildman–Crippen LogP) is 4.09. The summed E-state index contributed by atoms with van der Waals surface area (Å²) in [5.41, 5.74) is 1.84. The summed E-state index contributed by atoms with van der Waals surface area (Å²) in [6.45, 7) is 11.9. The van der Waals surface area contributed by atoms with E-state index in [0.29, 0.717) is 6.61 Å². The molecular formula is C15H25NO2Si2. The van der Waals surface area contributed by atoms with Gasteiger partial charge in [0.25, 0.3) is 0 Å². The van der Waals surface area contributed by atoms with Gasteiger partial charge in [-0.25, -0.2) is 4.79 Å². The van der Waals surface area contributed by atoms with Crippen molar-refractivity contribution in [2.75, 3.05) is 10.8 Å². The van der Waals surface area contributed by atoms with E-state index in [4.69, 9.17) is 4.74 Å². The van der Waals surface area contributed by atoms with Crippen LogP contribution in [-0.2, 0) is 4.74 Å². The van der Waals surface area contributed by atoms with Gasteiger partial charge >= 0.3 is 5.97 Å². The Morgan fingerprint density at radius 2 is 1.70 bits per heavy atom. The monoisotopic (exact) mass is 307 g/mol. The fraction of sp³-hybridized carbons (Fsp3) is 0.533. The summed E-state index contributed by atoms with van der Waals surface area (Å²) in [6.07, 6.45) is 0. The van der Waals surface area contributed by atoms with Crippen LogP contribution in [0.25, 0.3) is 0 Å². The first-order valence-electron chi connectivity index (χ1n) is 7.36. The molecule has 1 aliphatic rings. The fourth-order valence-corrected chi connectivity index (χ4v) is 17.6. The second-order valence-electron chi connectivity index (χ2n) is 6.70. The van der Waals surface area contributed by atoms with E-state index in [1.807, 2.05) is 25.1 Å². The Morgan fingerprint density at radius 1 is 1.15 bits per heavy atom. The van der Waals surface area contributed by atoms with Gasteiger partial charge in [-0.05, 0) is 31.1 Å². The van der Waals surface area contributed by atoms with Gasteiger partial charge in [0.1, 0.15) is 16.5 Å². The minimum Gasteiger partial charge on any atom is -0.462 e. The number of rotatable bonds is 3. The first kappa shape index (κ1) is 15.3. The summed E-state index contributed by atoms with van der Waals surface area (Å²) in [6, 6.07) is 10.6. The Morgan fingerprint density at radius 3 is 2.25 bits per heavy atom. The lowest BCUT2D eigenvalue weighted by Crippen LogP contribution is -2.55. The minimum atomic E-state index is -1.46. The number of para-hydroxylation sites is 1. The topological polar surface area (TPSA) is 29.5 Å². The van der Waals surface area contributed by atoms with Crippen molar-refractivity contribution in [2.24, 2.45) is 0 Å². The van der Waals surface area contributed by atoms with Crippen molar-refractivity contribution in [1.29, 1.82) is 0 Å². The van der Waals surface area contributed by atoms with Crippen LogP contribution in [0.2, 0.25) is 38.3 Å². The number of hydrogen-bond donors (Lipinski definition) is 0. The average Bonchev–Trinajstić information content (AvgIpc) is 2.59. The van der Waals surface area contributed by atoms with E-state index >= 15 is 0 Å². The molecule has 1 aromatic rings. The van der Waals surface area contributed by atoms with Crippen molar-refractivity contribution in [3.05, 3.63) is 29.8 Å². The van der Waals surface area contributed by atoms with E-state index in [9.17, 15) is 4.79 Å². The zero-order valence-corrected chi connectivity index (χ0v) is 15.2. The summed E-state index contributed by atoms with van der Waals surface area (Å²) >= 11 is 0. The third kappa shape index (κ3) is 2.69. The lowest BCUT2D eigenvalue weighted by molar-refractivity contribution is 0.0527. The maximum absolute atomic E-state index is 12.2. The molecule has 0 unspecified atom stereocenters. The Bertz CT molecular complexity index is 498. The molecule has 0 N–H and O–H groups in total. The van der Waals surface area contributed by atoms with Crippen LogP contribution >= 0.6 is 0 Å². The normalized spacial score (nSPS) is 19.9. The summed E-state index contributed by atoms with van der Waals surface area (Å²) in [7, 11) is -2.92. The highest BCUT2D eigenvalue weighted by Crippen LogP contribution is 2.42. The predicted molar refractivity (Wildman–Crippen MR) is 89.5 cm³/mol. The van der Waals surface area contributed by atoms with Crippen molar-refractivity contribution in [3.8, 4) is 0 Å². The number of anilines is 1. The van der Waals surface area contributed by atoms with Crippen molar-refractivity contribution in [1.82, 2.24) is 0 Å². The van der Waals surface area contributed by atoms with E-state index in [1.165, 1.54) is 12.1 Å². The maximum Gasteiger partial charge on any atom is 0.340 e. The van der Waals surface area contributed by atoms with Crippen LogP contribution in [0.15, 0.2) is 24.3 Å². The van der Waals surface area contributed by atoms with Gasteiger partial charge < -0.3 is 8.97 Å². The van der Waals surface area contributed by atoms with Crippen LogP contribution < -0.4 is 4.23 Å². The molecule has 2 rings (SSSR count). The van der Waals surface area contributed by atoms with Gasteiger partial charge in [0.05, 0.1) is 12.2 Å². The molecule has 0 aliphatic carbocycles. The maximum atomic E-state index is 12.2. The molecule has 1 saturated heterocycles. The fourth-order valence-electron chi connectivity index (χ4n) is 3.36. The summed E-state index contributed by atoms with van der Waals surface area (Å²) < 4.78 is 7.89. The molecule has 110 valence electrons. The smallest absolute Gasteiger partial charge is 0.340 e. The average molecular weight is 308 g/mol. The number of benzene rings is 1. The third-order valence-corrected chi connectivity index (χ3v) is 14.2. The first-order valence-corrected chi connectivity index (χ1v) is 13.7. The highest BCUT2D eigenvalue weighted by Gasteiger charge is 2.48. The van der Waals surface area contributed by atoms with Crippen molar-refractivity contribution in [2.45, 2.75) is 45.2 Å². The summed E-state index contributed by atoms with van der Waals surface area (Å²) in [4.78, 5) is 12.2. The second-order valence-corrected chi connectivity index (χ2v) is 16.3. The van der Waals surface area contributed by atoms with Crippen LogP contribution in [-0.4, -0.2) is 29.0 Å². The van der Waals surface area contributed by atoms with E-state index in [2.05, 4.69) is 36.5 Å². The molecule has 0 saturated carbocycles. The SMILES string of the molecule is CCOC(=O)c1ccccc1N1[Si](C)(C)CC[Si]1(C)C. The van der Waals surface area contributed by atoms with Gasteiger partial charge in [-0.2, -0.15) is 0 Å². The molecule has 0 radical (unpaired) electrons. The molecule has 5 heteroatoms. The quantitative estimate of drug-likeness (QED) is 0.622. The highest BCUT2D eigenvalue weighted by molar-refractivity contribution is 7.04. The number of esters is 1. The van der Waals surface area contributed by atoms with Gasteiger partial charge in [-0.1, -0.05) is 38.3 Å². The van der Waals surface area contributed by atoms with Gasteiger partial charge in [-0.3, -0.25) is 0 Å². The molecule has 0 aromatic heterocycles. The second kappa shape index (κ2) is 5.37. The first-order chi connectivity index (χ1) is 9.29. The number of ether oxygens (including phenoxy) is 1. The Labute approximate surface area is 124 Å². The zero-order chi connectivity index (χ0) is 15.0. The van der Waals surface area contributed by atoms with Crippen LogP contribution in [0.3, 0.4) is 0 Å². The molecule has 0 spiro atoms. The molecule has 1 aromatic carbocycles. The standard InChI is InChI=1S/C15H25NO2Si2/c1-6-18-15(17)13-9-7-8-10-14(13)16-19(2,3)11-12-20(16,4)5/h7-10H,6,11-12H2,1-5H3. The molecule has 20 heavy (non-hydrogen) atoms. The summed E-state index contributed by atoms with van der Waals surface area (Å²) in [5.74, 6) is -0.190. The van der Waals surface area contributed by atoms with E-state index < -0.39 is 16.5 Å². The molecular weight excluding hydrogens is 282 g/mol. The molecule has 1 heterocycles. The van der Waals surface area contributed by atoms with Crippen molar-refractivity contribution >= 4 is 28.1 Å². The third-order valence-electron chi connectivity index (χ3n) is 4.20. The lowest BCUT2D eigenvalue weighted by atomic mass is 10.2. The Hall–Kier alpha value is -1.08. The van der Waals surface area contributed by atoms with Crippen LogP contribution in [0, 0.1) is 0 Å². The lowest BCUT2D eigenvalue weighted by Gasteiger charge is -2.42. The van der Waals surface area contributed by atoms with Crippen LogP contribution in [0.4, 0.5) is 5.69 Å². The van der Waals surface area contributed by atoms with E-state index in [-0.39, 0.29) is 5.97 Å². The van der Waals surface area contributed by atoms with Gasteiger partial charge in [0.2, 0.25) is 0 Å². The van der Waals surface area contributed by atoms with Crippen LogP contribution in [0.5, 0.6) is 0 Å². The Balaban J connectivity index is 2.49. The Kier molecular flexibility index (Phi) is 4.11. The molecule has 3 nitrogen and oxygen atoms in total. The van der Waals surface area contributed by atoms with Crippen molar-refractivity contribution in [3.63, 3.8) is 0 Å². The largest absolute Gasteiger partial charge is 0.462 e. The molecule has 0 atom stereocenters. The van der Waals surface area contributed by atoms with E-state index in [0.717, 1.165) is 11.3 Å². The van der Waals surface area contributed by atoms with Crippen molar-refractivity contribution < 1.29 is 9.53 Å².